The van der Waals surface area contributed by atoms with Crippen molar-refractivity contribution in [3.05, 3.63) is 109 Å². The molecule has 0 unspecified atom stereocenters. The van der Waals surface area contributed by atoms with E-state index in [9.17, 15) is 9.59 Å². The van der Waals surface area contributed by atoms with E-state index < -0.39 is 12.2 Å². The number of fused-ring (bicyclic) bond motifs is 1. The number of amides is 2. The summed E-state index contributed by atoms with van der Waals surface area (Å²) in [7, 11) is 0. The molecule has 4 aromatic carbocycles. The van der Waals surface area contributed by atoms with Crippen LogP contribution in [0, 0.1) is 5.92 Å². The number of allylic oxidation sites excluding steroid dienone is 1. The summed E-state index contributed by atoms with van der Waals surface area (Å²) >= 11 is 0. The number of nitrogens with two attached hydrogens (primary N) is 1. The summed E-state index contributed by atoms with van der Waals surface area (Å²) in [4.78, 5) is 25.5. The Morgan fingerprint density at radius 3 is 2.49 bits per heavy atom. The Labute approximate surface area is 239 Å². The Balaban J connectivity index is 1.44. The second kappa shape index (κ2) is 14.5. The van der Waals surface area contributed by atoms with Crippen LogP contribution in [0.4, 0.5) is 21.9 Å². The van der Waals surface area contributed by atoms with E-state index in [1.807, 2.05) is 67.6 Å². The molecular weight excluding hydrogens is 518 g/mol. The number of ether oxygens (including phenoxy) is 2. The molecule has 0 radical (unpaired) electrons. The van der Waals surface area contributed by atoms with Gasteiger partial charge >= 0.3 is 6.09 Å². The van der Waals surface area contributed by atoms with Crippen molar-refractivity contribution in [2.75, 3.05) is 29.6 Å². The molecule has 0 aliphatic heterocycles. The van der Waals surface area contributed by atoms with Gasteiger partial charge in [-0.05, 0) is 66.1 Å². The minimum absolute atomic E-state index is 0.0983. The normalized spacial score (nSPS) is 12.5. The van der Waals surface area contributed by atoms with Crippen molar-refractivity contribution in [1.29, 1.82) is 0 Å². The minimum atomic E-state index is -0.589. The van der Waals surface area contributed by atoms with Crippen LogP contribution in [0.15, 0.2) is 103 Å². The van der Waals surface area contributed by atoms with Gasteiger partial charge in [-0.2, -0.15) is 0 Å². The first-order chi connectivity index (χ1) is 19.9. The largest absolute Gasteiger partial charge is 0.491 e. The van der Waals surface area contributed by atoms with Crippen LogP contribution in [0.3, 0.4) is 0 Å². The number of para-hydroxylation sites is 2. The zero-order chi connectivity index (χ0) is 29.0. The van der Waals surface area contributed by atoms with Gasteiger partial charge < -0.3 is 25.6 Å². The summed E-state index contributed by atoms with van der Waals surface area (Å²) in [5.41, 5.74) is 8.38. The van der Waals surface area contributed by atoms with E-state index >= 15 is 0 Å². The SMILES string of the molecule is C[C@@H](CC/C=C/C(=O)Nc1ccccc1N)[C@@H](OC(=O)Nc1cccc2ccccc12)c1cccc(OCCO)c1. The summed E-state index contributed by atoms with van der Waals surface area (Å²) in [6.07, 6.45) is 3.34. The lowest BCUT2D eigenvalue weighted by molar-refractivity contribution is -0.111. The van der Waals surface area contributed by atoms with Crippen LogP contribution in [0.1, 0.15) is 31.4 Å². The van der Waals surface area contributed by atoms with Crippen molar-refractivity contribution in [1.82, 2.24) is 0 Å². The molecule has 5 N–H and O–H groups in total. The number of rotatable bonds is 12. The van der Waals surface area contributed by atoms with Crippen molar-refractivity contribution in [2.24, 2.45) is 5.92 Å². The highest BCUT2D eigenvalue weighted by molar-refractivity contribution is 6.01. The van der Waals surface area contributed by atoms with E-state index in [2.05, 4.69) is 10.6 Å². The standard InChI is InChI=1S/C33H35N3O5/c1-23(10-2-7-19-31(38)35-30-17-6-5-16-28(30)34)32(25-13-8-14-26(22-25)40-21-20-37)41-33(39)36-29-18-9-12-24-11-3-4-15-27(24)29/h3-9,11-19,22-23,32,37H,2,10,20-21,34H2,1H3,(H,35,38)(H,36,39)/b19-7+/t23-,32+/m0/s1. The lowest BCUT2D eigenvalue weighted by Crippen LogP contribution is -2.22. The Morgan fingerprint density at radius 2 is 1.66 bits per heavy atom. The van der Waals surface area contributed by atoms with Gasteiger partial charge in [0.15, 0.2) is 0 Å². The summed E-state index contributed by atoms with van der Waals surface area (Å²) in [5.74, 6) is 0.203. The number of nitrogens with one attached hydrogen (secondary N) is 2. The highest BCUT2D eigenvalue weighted by atomic mass is 16.6. The van der Waals surface area contributed by atoms with Crippen molar-refractivity contribution >= 4 is 39.8 Å². The predicted molar refractivity (Wildman–Crippen MR) is 163 cm³/mol. The van der Waals surface area contributed by atoms with Gasteiger partial charge in [0.05, 0.1) is 23.7 Å². The Bertz CT molecular complexity index is 1500. The second-order valence-electron chi connectivity index (χ2n) is 9.66. The fraction of sp³-hybridized carbons (Fsp3) is 0.212. The molecule has 8 heteroatoms. The molecule has 0 saturated heterocycles. The predicted octanol–water partition coefficient (Wildman–Crippen LogP) is 6.69. The lowest BCUT2D eigenvalue weighted by Gasteiger charge is -2.25. The number of hydrogen-bond donors (Lipinski definition) is 4. The number of anilines is 3. The average molecular weight is 554 g/mol. The molecule has 4 rings (SSSR count). The molecule has 0 spiro atoms. The van der Waals surface area contributed by atoms with E-state index in [1.54, 1.807) is 36.4 Å². The zero-order valence-electron chi connectivity index (χ0n) is 23.0. The van der Waals surface area contributed by atoms with Crippen LogP contribution in [0.5, 0.6) is 5.75 Å². The fourth-order valence-electron chi connectivity index (χ4n) is 4.53. The number of carbonyl (C=O) groups excluding carboxylic acids is 2. The van der Waals surface area contributed by atoms with E-state index in [4.69, 9.17) is 20.3 Å². The average Bonchev–Trinajstić information content (AvgIpc) is 2.98. The molecule has 8 nitrogen and oxygen atoms in total. The third kappa shape index (κ3) is 8.33. The molecule has 0 heterocycles. The molecule has 2 atom stereocenters. The zero-order valence-corrected chi connectivity index (χ0v) is 23.0. The van der Waals surface area contributed by atoms with Crippen molar-refractivity contribution in [2.45, 2.75) is 25.9 Å². The molecule has 212 valence electrons. The molecule has 0 aliphatic carbocycles. The van der Waals surface area contributed by atoms with Crippen LogP contribution in [0.25, 0.3) is 10.8 Å². The van der Waals surface area contributed by atoms with Crippen molar-refractivity contribution in [3.63, 3.8) is 0 Å². The summed E-state index contributed by atoms with van der Waals surface area (Å²) in [6, 6.07) is 27.9. The van der Waals surface area contributed by atoms with Gasteiger partial charge in [-0.1, -0.05) is 73.7 Å². The van der Waals surface area contributed by atoms with Gasteiger partial charge in [0.1, 0.15) is 18.5 Å². The van der Waals surface area contributed by atoms with Gasteiger partial charge in [-0.15, -0.1) is 0 Å². The number of carbonyl (C=O) groups is 2. The third-order valence-electron chi connectivity index (χ3n) is 6.60. The van der Waals surface area contributed by atoms with Crippen molar-refractivity contribution < 1.29 is 24.2 Å². The van der Waals surface area contributed by atoms with Crippen LogP contribution >= 0.6 is 0 Å². The molecule has 0 bridgehead atoms. The fourth-order valence-corrected chi connectivity index (χ4v) is 4.53. The quantitative estimate of drug-likeness (QED) is 0.114. The number of hydrogen-bond acceptors (Lipinski definition) is 6. The Hall–Kier alpha value is -4.82. The first-order valence-electron chi connectivity index (χ1n) is 13.6. The summed E-state index contributed by atoms with van der Waals surface area (Å²) < 4.78 is 11.6. The maximum atomic E-state index is 13.1. The van der Waals surface area contributed by atoms with E-state index in [-0.39, 0.29) is 25.0 Å². The third-order valence-corrected chi connectivity index (χ3v) is 6.60. The first kappa shape index (κ1) is 29.2. The van der Waals surface area contributed by atoms with Crippen LogP contribution in [0.2, 0.25) is 0 Å². The van der Waals surface area contributed by atoms with Gasteiger partial charge in [0, 0.05) is 5.39 Å². The first-order valence-corrected chi connectivity index (χ1v) is 13.6. The maximum absolute atomic E-state index is 13.1. The number of nitrogen functional groups attached to an aromatic ring is 1. The Morgan fingerprint density at radius 1 is 0.927 bits per heavy atom. The highest BCUT2D eigenvalue weighted by Gasteiger charge is 2.24. The molecule has 0 aromatic heterocycles. The summed E-state index contributed by atoms with van der Waals surface area (Å²) in [6.45, 7) is 2.05. The molecular formula is C33H35N3O5. The highest BCUT2D eigenvalue weighted by Crippen LogP contribution is 2.32. The number of aliphatic hydroxyl groups excluding tert-OH is 1. The van der Waals surface area contributed by atoms with Gasteiger partial charge in [0.25, 0.3) is 0 Å². The Kier molecular flexibility index (Phi) is 10.3. The number of benzene rings is 4. The molecule has 0 aliphatic rings. The summed E-state index contributed by atoms with van der Waals surface area (Å²) in [5, 5.41) is 16.7. The van der Waals surface area contributed by atoms with Crippen LogP contribution in [-0.2, 0) is 9.53 Å². The molecule has 4 aromatic rings. The van der Waals surface area contributed by atoms with Gasteiger partial charge in [0.2, 0.25) is 5.91 Å². The van der Waals surface area contributed by atoms with E-state index in [1.165, 1.54) is 6.08 Å². The van der Waals surface area contributed by atoms with E-state index in [0.717, 1.165) is 16.3 Å². The maximum Gasteiger partial charge on any atom is 0.412 e. The molecule has 0 fully saturated rings. The van der Waals surface area contributed by atoms with Gasteiger partial charge in [-0.25, -0.2) is 4.79 Å². The smallest absolute Gasteiger partial charge is 0.412 e. The monoisotopic (exact) mass is 553 g/mol. The lowest BCUT2D eigenvalue weighted by atomic mass is 9.93. The topological polar surface area (TPSA) is 123 Å². The minimum Gasteiger partial charge on any atom is -0.491 e. The van der Waals surface area contributed by atoms with Gasteiger partial charge in [-0.3, -0.25) is 10.1 Å². The second-order valence-corrected chi connectivity index (χ2v) is 9.66. The number of aliphatic hydroxyl groups is 1. The van der Waals surface area contributed by atoms with Crippen LogP contribution < -0.4 is 21.1 Å². The molecule has 2 amide bonds. The molecule has 41 heavy (non-hydrogen) atoms. The molecule has 0 saturated carbocycles. The van der Waals surface area contributed by atoms with Crippen LogP contribution in [-0.4, -0.2) is 30.3 Å². The van der Waals surface area contributed by atoms with E-state index in [0.29, 0.717) is 35.7 Å². The van der Waals surface area contributed by atoms with Crippen molar-refractivity contribution in [3.8, 4) is 5.75 Å².